The lowest BCUT2D eigenvalue weighted by atomic mass is 10.1. The molecular formula is C12H14FN3O. The highest BCUT2D eigenvalue weighted by Crippen LogP contribution is 2.18. The largest absolute Gasteiger partial charge is 0.377 e. The molecule has 0 fully saturated rings. The van der Waals surface area contributed by atoms with Crippen molar-refractivity contribution in [2.45, 2.75) is 13.5 Å². The van der Waals surface area contributed by atoms with Crippen molar-refractivity contribution in [3.05, 3.63) is 35.4 Å². The number of halogens is 1. The Hall–Kier alpha value is -1.75. The highest BCUT2D eigenvalue weighted by molar-refractivity contribution is 5.55. The molecule has 1 aromatic carbocycles. The van der Waals surface area contributed by atoms with E-state index < -0.39 is 0 Å². The Bertz CT molecular complexity index is 516. The first-order valence-electron chi connectivity index (χ1n) is 5.26. The second-order valence-electron chi connectivity index (χ2n) is 3.93. The molecule has 0 saturated heterocycles. The number of rotatable bonds is 3. The van der Waals surface area contributed by atoms with Crippen molar-refractivity contribution >= 4 is 0 Å². The molecule has 0 bridgehead atoms. The minimum absolute atomic E-state index is 0.277. The van der Waals surface area contributed by atoms with E-state index in [0.717, 1.165) is 5.56 Å². The van der Waals surface area contributed by atoms with Crippen molar-refractivity contribution in [1.29, 1.82) is 0 Å². The summed E-state index contributed by atoms with van der Waals surface area (Å²) in [5.74, 6) is 0.951. The fraction of sp³-hybridized carbons (Fsp3) is 0.333. The first-order chi connectivity index (χ1) is 8.10. The van der Waals surface area contributed by atoms with Gasteiger partial charge in [-0.05, 0) is 30.7 Å². The molecule has 0 amide bonds. The standard InChI is InChI=1S/C12H14FN3O/c1-8-4-9(6-10(13)5-8)12-14-11(7-17-3)16(2)15-12/h4-6H,7H2,1-3H3. The molecule has 2 rings (SSSR count). The van der Waals surface area contributed by atoms with Crippen molar-refractivity contribution in [3.63, 3.8) is 0 Å². The van der Waals surface area contributed by atoms with Crippen LogP contribution in [0.15, 0.2) is 18.2 Å². The predicted molar refractivity (Wildman–Crippen MR) is 61.8 cm³/mol. The molecule has 0 unspecified atom stereocenters. The highest BCUT2D eigenvalue weighted by Gasteiger charge is 2.10. The summed E-state index contributed by atoms with van der Waals surface area (Å²) in [6.07, 6.45) is 0. The van der Waals surface area contributed by atoms with Crippen LogP contribution in [0, 0.1) is 12.7 Å². The van der Waals surface area contributed by atoms with Gasteiger partial charge in [0.15, 0.2) is 11.6 Å². The number of methoxy groups -OCH3 is 1. The van der Waals surface area contributed by atoms with E-state index in [2.05, 4.69) is 10.1 Å². The molecule has 0 radical (unpaired) electrons. The smallest absolute Gasteiger partial charge is 0.181 e. The van der Waals surface area contributed by atoms with Crippen molar-refractivity contribution < 1.29 is 9.13 Å². The Kier molecular flexibility index (Phi) is 3.19. The van der Waals surface area contributed by atoms with Gasteiger partial charge in [0.2, 0.25) is 0 Å². The number of ether oxygens (including phenoxy) is 1. The lowest BCUT2D eigenvalue weighted by Gasteiger charge is -1.98. The second kappa shape index (κ2) is 4.63. The van der Waals surface area contributed by atoms with Crippen molar-refractivity contribution in [3.8, 4) is 11.4 Å². The molecule has 1 heterocycles. The molecule has 0 saturated carbocycles. The molecule has 0 aliphatic rings. The van der Waals surface area contributed by atoms with E-state index in [0.29, 0.717) is 23.8 Å². The molecule has 0 atom stereocenters. The van der Waals surface area contributed by atoms with E-state index in [-0.39, 0.29) is 5.82 Å². The van der Waals surface area contributed by atoms with E-state index in [9.17, 15) is 4.39 Å². The van der Waals surface area contributed by atoms with Crippen LogP contribution in [-0.4, -0.2) is 21.9 Å². The van der Waals surface area contributed by atoms with Crippen LogP contribution in [0.4, 0.5) is 4.39 Å². The molecule has 17 heavy (non-hydrogen) atoms. The van der Waals surface area contributed by atoms with Gasteiger partial charge in [-0.2, -0.15) is 5.10 Å². The zero-order valence-corrected chi connectivity index (χ0v) is 10.1. The summed E-state index contributed by atoms with van der Waals surface area (Å²) in [6.45, 7) is 2.23. The molecule has 0 aliphatic carbocycles. The van der Waals surface area contributed by atoms with E-state index in [1.165, 1.54) is 12.1 Å². The van der Waals surface area contributed by atoms with Gasteiger partial charge >= 0.3 is 0 Å². The number of benzene rings is 1. The SMILES string of the molecule is COCc1nc(-c2cc(C)cc(F)c2)nn1C. The van der Waals surface area contributed by atoms with Crippen LogP contribution in [0.25, 0.3) is 11.4 Å². The molecule has 1 aromatic heterocycles. The monoisotopic (exact) mass is 235 g/mol. The van der Waals surface area contributed by atoms with Crippen LogP contribution in [0.2, 0.25) is 0 Å². The fourth-order valence-corrected chi connectivity index (χ4v) is 1.66. The quantitative estimate of drug-likeness (QED) is 0.817. The van der Waals surface area contributed by atoms with Crippen LogP contribution < -0.4 is 0 Å². The summed E-state index contributed by atoms with van der Waals surface area (Å²) in [7, 11) is 3.39. The van der Waals surface area contributed by atoms with Crippen LogP contribution in [-0.2, 0) is 18.4 Å². The average molecular weight is 235 g/mol. The summed E-state index contributed by atoms with van der Waals surface area (Å²) in [5.41, 5.74) is 1.53. The molecule has 90 valence electrons. The maximum atomic E-state index is 13.3. The first kappa shape index (κ1) is 11.7. The Morgan fingerprint density at radius 1 is 1.35 bits per heavy atom. The Morgan fingerprint density at radius 3 is 2.76 bits per heavy atom. The van der Waals surface area contributed by atoms with E-state index >= 15 is 0 Å². The van der Waals surface area contributed by atoms with Gasteiger partial charge in [-0.15, -0.1) is 0 Å². The Labute approximate surface area is 99.1 Å². The molecular weight excluding hydrogens is 221 g/mol. The van der Waals surface area contributed by atoms with Crippen LogP contribution >= 0.6 is 0 Å². The van der Waals surface area contributed by atoms with Gasteiger partial charge in [0.05, 0.1) is 0 Å². The maximum absolute atomic E-state index is 13.3. The van der Waals surface area contributed by atoms with E-state index in [1.54, 1.807) is 18.8 Å². The minimum Gasteiger partial charge on any atom is -0.377 e. The van der Waals surface area contributed by atoms with Gasteiger partial charge in [0.1, 0.15) is 12.4 Å². The van der Waals surface area contributed by atoms with Crippen molar-refractivity contribution in [1.82, 2.24) is 14.8 Å². The number of aryl methyl sites for hydroxylation is 2. The van der Waals surface area contributed by atoms with Gasteiger partial charge in [-0.3, -0.25) is 4.68 Å². The summed E-state index contributed by atoms with van der Waals surface area (Å²) < 4.78 is 19.9. The summed E-state index contributed by atoms with van der Waals surface area (Å²) in [6, 6.07) is 4.76. The van der Waals surface area contributed by atoms with Gasteiger partial charge < -0.3 is 4.74 Å². The molecule has 4 nitrogen and oxygen atoms in total. The molecule has 0 spiro atoms. The first-order valence-corrected chi connectivity index (χ1v) is 5.26. The number of hydrogen-bond acceptors (Lipinski definition) is 3. The fourth-order valence-electron chi connectivity index (χ4n) is 1.66. The Morgan fingerprint density at radius 2 is 2.12 bits per heavy atom. The zero-order chi connectivity index (χ0) is 12.4. The molecule has 2 aromatic rings. The normalized spacial score (nSPS) is 10.8. The van der Waals surface area contributed by atoms with Gasteiger partial charge in [0.25, 0.3) is 0 Å². The van der Waals surface area contributed by atoms with E-state index in [1.807, 2.05) is 13.0 Å². The summed E-state index contributed by atoms with van der Waals surface area (Å²) in [4.78, 5) is 4.31. The number of hydrogen-bond donors (Lipinski definition) is 0. The summed E-state index contributed by atoms with van der Waals surface area (Å²) >= 11 is 0. The molecule has 0 N–H and O–H groups in total. The topological polar surface area (TPSA) is 39.9 Å². The van der Waals surface area contributed by atoms with Crippen molar-refractivity contribution in [2.24, 2.45) is 7.05 Å². The zero-order valence-electron chi connectivity index (χ0n) is 10.1. The Balaban J connectivity index is 2.42. The van der Waals surface area contributed by atoms with Gasteiger partial charge in [-0.25, -0.2) is 9.37 Å². The third kappa shape index (κ3) is 2.50. The molecule has 0 aliphatic heterocycles. The minimum atomic E-state index is -0.277. The highest BCUT2D eigenvalue weighted by atomic mass is 19.1. The van der Waals surface area contributed by atoms with Crippen LogP contribution in [0.5, 0.6) is 0 Å². The third-order valence-electron chi connectivity index (χ3n) is 2.43. The maximum Gasteiger partial charge on any atom is 0.181 e. The summed E-state index contributed by atoms with van der Waals surface area (Å²) in [5, 5.41) is 4.24. The van der Waals surface area contributed by atoms with E-state index in [4.69, 9.17) is 4.74 Å². The number of aromatic nitrogens is 3. The molecule has 5 heteroatoms. The average Bonchev–Trinajstić information content (AvgIpc) is 2.60. The lowest BCUT2D eigenvalue weighted by molar-refractivity contribution is 0.174. The second-order valence-corrected chi connectivity index (χ2v) is 3.93. The van der Waals surface area contributed by atoms with Crippen LogP contribution in [0.3, 0.4) is 0 Å². The predicted octanol–water partition coefficient (Wildman–Crippen LogP) is 2.08. The van der Waals surface area contributed by atoms with Gasteiger partial charge in [-0.1, -0.05) is 0 Å². The lowest BCUT2D eigenvalue weighted by Crippen LogP contribution is -2.00. The van der Waals surface area contributed by atoms with Crippen molar-refractivity contribution in [2.75, 3.05) is 7.11 Å². The number of nitrogens with zero attached hydrogens (tertiary/aromatic N) is 3. The van der Waals surface area contributed by atoms with Crippen LogP contribution in [0.1, 0.15) is 11.4 Å². The third-order valence-corrected chi connectivity index (χ3v) is 2.43. The van der Waals surface area contributed by atoms with Gasteiger partial charge in [0, 0.05) is 19.7 Å².